The molecule has 0 aliphatic rings. The fourth-order valence-electron chi connectivity index (χ4n) is 2.85. The monoisotopic (exact) mass is 463 g/mol. The zero-order valence-electron chi connectivity index (χ0n) is 19.5. The van der Waals surface area contributed by atoms with Crippen molar-refractivity contribution in [2.45, 2.75) is 26.9 Å². The van der Waals surface area contributed by atoms with Gasteiger partial charge < -0.3 is 15.4 Å². The number of carbonyl (C=O) groups excluding carboxylic acids is 1. The zero-order chi connectivity index (χ0) is 24.3. The summed E-state index contributed by atoms with van der Waals surface area (Å²) in [5.41, 5.74) is 14.3. The molecule has 0 saturated heterocycles. The van der Waals surface area contributed by atoms with E-state index in [1.54, 1.807) is 31.3 Å². The largest absolute Gasteiger partial charge is 0.491 e. The molecule has 0 fully saturated rings. The molecule has 3 rings (SSSR count). The summed E-state index contributed by atoms with van der Waals surface area (Å²) in [6.45, 7) is 5.83. The molecule has 1 heterocycles. The molecular weight excluding hydrogens is 434 g/mol. The highest BCUT2D eigenvalue weighted by Gasteiger charge is 2.09. The SMILES string of the molecule is CNc1cc(NN/C=N\NNc2cc(NC(=O)c3cccc(OC(C)C)c3)ccc2C)ncn1. The van der Waals surface area contributed by atoms with E-state index in [0.29, 0.717) is 28.6 Å². The third-order valence-corrected chi connectivity index (χ3v) is 4.47. The third kappa shape index (κ3) is 7.26. The van der Waals surface area contributed by atoms with Crippen molar-refractivity contribution in [2.24, 2.45) is 5.10 Å². The van der Waals surface area contributed by atoms with Crippen molar-refractivity contribution < 1.29 is 9.53 Å². The van der Waals surface area contributed by atoms with Gasteiger partial charge in [0, 0.05) is 24.4 Å². The predicted molar refractivity (Wildman–Crippen MR) is 135 cm³/mol. The number of carbonyl (C=O) groups is 1. The highest BCUT2D eigenvalue weighted by molar-refractivity contribution is 6.04. The number of aromatic nitrogens is 2. The molecule has 11 nitrogen and oxygen atoms in total. The first kappa shape index (κ1) is 24.1. The first-order valence-corrected chi connectivity index (χ1v) is 10.7. The standard InChI is InChI=1S/C23H29N9O2/c1-15(2)34-19-7-5-6-17(10-19)23(33)29-18-9-8-16(3)20(11-18)30-32-28-14-27-31-22-12-21(24-4)25-13-26-22/h5-15,30,32H,1-4H3,(H,27,28)(H,29,33)(H2,24,25,26,31). The summed E-state index contributed by atoms with van der Waals surface area (Å²) in [6.07, 6.45) is 2.89. The fraction of sp³-hybridized carbons (Fsp3) is 0.217. The zero-order valence-corrected chi connectivity index (χ0v) is 19.5. The molecule has 11 heteroatoms. The number of hydrogen-bond acceptors (Lipinski definition) is 9. The lowest BCUT2D eigenvalue weighted by atomic mass is 10.1. The summed E-state index contributed by atoms with van der Waals surface area (Å²) in [4.78, 5) is 20.8. The summed E-state index contributed by atoms with van der Waals surface area (Å²) in [5.74, 6) is 1.70. The quantitative estimate of drug-likeness (QED) is 0.144. The molecule has 0 aliphatic carbocycles. The van der Waals surface area contributed by atoms with Crippen LogP contribution >= 0.6 is 0 Å². The van der Waals surface area contributed by atoms with E-state index >= 15 is 0 Å². The van der Waals surface area contributed by atoms with E-state index in [4.69, 9.17) is 4.74 Å². The fourth-order valence-corrected chi connectivity index (χ4v) is 2.85. The average molecular weight is 464 g/mol. The van der Waals surface area contributed by atoms with Crippen molar-refractivity contribution in [1.82, 2.24) is 20.9 Å². The van der Waals surface area contributed by atoms with Gasteiger partial charge in [0.05, 0.1) is 11.8 Å². The van der Waals surface area contributed by atoms with E-state index in [9.17, 15) is 4.79 Å². The van der Waals surface area contributed by atoms with Gasteiger partial charge in [-0.15, -0.1) is 5.10 Å². The van der Waals surface area contributed by atoms with Crippen LogP contribution < -0.4 is 37.2 Å². The molecule has 2 aromatic carbocycles. The van der Waals surface area contributed by atoms with Crippen molar-refractivity contribution in [1.29, 1.82) is 0 Å². The molecule has 0 atom stereocenters. The van der Waals surface area contributed by atoms with Gasteiger partial charge in [-0.05, 0) is 56.7 Å². The number of hydrazone groups is 1. The van der Waals surface area contributed by atoms with Crippen molar-refractivity contribution >= 4 is 35.3 Å². The molecule has 34 heavy (non-hydrogen) atoms. The Bertz CT molecular complexity index is 1130. The third-order valence-electron chi connectivity index (χ3n) is 4.47. The van der Waals surface area contributed by atoms with Gasteiger partial charge in [-0.3, -0.25) is 21.1 Å². The number of aryl methyl sites for hydroxylation is 1. The second-order valence-electron chi connectivity index (χ2n) is 7.48. The smallest absolute Gasteiger partial charge is 0.255 e. The lowest BCUT2D eigenvalue weighted by Crippen LogP contribution is -2.24. The molecule has 178 valence electrons. The molecule has 0 aliphatic heterocycles. The molecule has 0 spiro atoms. The van der Waals surface area contributed by atoms with Crippen molar-refractivity contribution in [2.75, 3.05) is 28.5 Å². The van der Waals surface area contributed by atoms with Crippen LogP contribution in [0.3, 0.4) is 0 Å². The number of hydrogen-bond donors (Lipinski definition) is 6. The molecule has 6 N–H and O–H groups in total. The maximum atomic E-state index is 12.7. The number of benzene rings is 2. The predicted octanol–water partition coefficient (Wildman–Crippen LogP) is 3.34. The number of amides is 1. The van der Waals surface area contributed by atoms with E-state index in [1.165, 1.54) is 12.7 Å². The average Bonchev–Trinajstić information content (AvgIpc) is 2.83. The molecule has 0 unspecified atom stereocenters. The Kier molecular flexibility index (Phi) is 8.44. The molecule has 1 amide bonds. The van der Waals surface area contributed by atoms with Crippen LogP contribution in [0.5, 0.6) is 5.75 Å². The molecular formula is C23H29N9O2. The minimum atomic E-state index is -0.226. The second kappa shape index (κ2) is 11.9. The van der Waals surface area contributed by atoms with E-state index in [2.05, 4.69) is 47.5 Å². The lowest BCUT2D eigenvalue weighted by Gasteiger charge is -2.13. The topological polar surface area (TPSA) is 137 Å². The number of hydrazine groups is 2. The van der Waals surface area contributed by atoms with Crippen LogP contribution in [0, 0.1) is 6.92 Å². The highest BCUT2D eigenvalue weighted by Crippen LogP contribution is 2.21. The molecule has 0 bridgehead atoms. The molecule has 0 saturated carbocycles. The maximum Gasteiger partial charge on any atom is 0.255 e. The number of nitrogens with one attached hydrogen (secondary N) is 6. The Morgan fingerprint density at radius 2 is 1.88 bits per heavy atom. The number of rotatable bonds is 11. The van der Waals surface area contributed by atoms with Crippen molar-refractivity contribution in [3.63, 3.8) is 0 Å². The summed E-state index contributed by atoms with van der Waals surface area (Å²) in [5, 5.41) is 9.85. The number of anilines is 4. The maximum absolute atomic E-state index is 12.7. The van der Waals surface area contributed by atoms with Crippen LogP contribution in [0.15, 0.2) is 60.0 Å². The van der Waals surface area contributed by atoms with Crippen molar-refractivity contribution in [3.8, 4) is 5.75 Å². The van der Waals surface area contributed by atoms with Gasteiger partial charge >= 0.3 is 0 Å². The summed E-state index contributed by atoms with van der Waals surface area (Å²) in [7, 11) is 1.78. The van der Waals surface area contributed by atoms with E-state index in [-0.39, 0.29) is 12.0 Å². The van der Waals surface area contributed by atoms with Gasteiger partial charge in [-0.1, -0.05) is 12.1 Å². The highest BCUT2D eigenvalue weighted by atomic mass is 16.5. The van der Waals surface area contributed by atoms with Crippen LogP contribution in [0.4, 0.5) is 23.0 Å². The van der Waals surface area contributed by atoms with Crippen LogP contribution in [0.25, 0.3) is 0 Å². The van der Waals surface area contributed by atoms with E-state index in [0.717, 1.165) is 11.3 Å². The van der Waals surface area contributed by atoms with E-state index < -0.39 is 0 Å². The minimum absolute atomic E-state index is 0.0312. The van der Waals surface area contributed by atoms with Gasteiger partial charge in [0.25, 0.3) is 5.91 Å². The molecule has 1 aromatic heterocycles. The minimum Gasteiger partial charge on any atom is -0.491 e. The first-order chi connectivity index (χ1) is 16.4. The first-order valence-electron chi connectivity index (χ1n) is 10.7. The second-order valence-corrected chi connectivity index (χ2v) is 7.48. The van der Waals surface area contributed by atoms with Crippen LogP contribution in [0.1, 0.15) is 29.8 Å². The number of nitrogens with zero attached hydrogens (tertiary/aromatic N) is 3. The Morgan fingerprint density at radius 3 is 2.68 bits per heavy atom. The van der Waals surface area contributed by atoms with Gasteiger partial charge in [0.1, 0.15) is 30.1 Å². The van der Waals surface area contributed by atoms with Gasteiger partial charge in [-0.2, -0.15) is 0 Å². The Balaban J connectivity index is 1.52. The van der Waals surface area contributed by atoms with Gasteiger partial charge in [-0.25, -0.2) is 15.5 Å². The Morgan fingerprint density at radius 1 is 1.06 bits per heavy atom. The van der Waals surface area contributed by atoms with Crippen LogP contribution in [-0.4, -0.2) is 35.4 Å². The molecule has 0 radical (unpaired) electrons. The van der Waals surface area contributed by atoms with Gasteiger partial charge in [0.15, 0.2) is 0 Å². The van der Waals surface area contributed by atoms with Crippen LogP contribution in [-0.2, 0) is 0 Å². The molecule has 3 aromatic rings. The van der Waals surface area contributed by atoms with E-state index in [1.807, 2.05) is 45.0 Å². The number of ether oxygens (including phenoxy) is 1. The van der Waals surface area contributed by atoms with Gasteiger partial charge in [0.2, 0.25) is 0 Å². The normalized spacial score (nSPS) is 10.6. The Labute approximate surface area is 198 Å². The van der Waals surface area contributed by atoms with Crippen molar-refractivity contribution in [3.05, 3.63) is 66.0 Å². The Hall–Kier alpha value is -4.54. The summed E-state index contributed by atoms with van der Waals surface area (Å²) in [6, 6.07) is 14.4. The van der Waals surface area contributed by atoms with Crippen LogP contribution in [0.2, 0.25) is 0 Å². The summed E-state index contributed by atoms with van der Waals surface area (Å²) >= 11 is 0. The lowest BCUT2D eigenvalue weighted by molar-refractivity contribution is 0.102. The summed E-state index contributed by atoms with van der Waals surface area (Å²) < 4.78 is 5.67.